The molecular weight excluding hydrogens is 410 g/mol. The summed E-state index contributed by atoms with van der Waals surface area (Å²) in [6.07, 6.45) is 3.65. The van der Waals surface area contributed by atoms with Crippen molar-refractivity contribution < 1.29 is 23.8 Å². The van der Waals surface area contributed by atoms with Gasteiger partial charge in [0.15, 0.2) is 0 Å². The first kappa shape index (κ1) is 23.8. The quantitative estimate of drug-likeness (QED) is 0.522. The Morgan fingerprint density at radius 1 is 1.28 bits per heavy atom. The highest BCUT2D eigenvalue weighted by atomic mass is 16.5. The van der Waals surface area contributed by atoms with Crippen molar-refractivity contribution in [1.82, 2.24) is 15.1 Å². The van der Waals surface area contributed by atoms with Gasteiger partial charge in [0.25, 0.3) is 5.91 Å². The van der Waals surface area contributed by atoms with Gasteiger partial charge >= 0.3 is 5.97 Å². The maximum atomic E-state index is 12.8. The summed E-state index contributed by atoms with van der Waals surface area (Å²) < 4.78 is 18.2. The second-order valence-corrected chi connectivity index (χ2v) is 7.84. The number of ether oxygens (including phenoxy) is 3. The van der Waals surface area contributed by atoms with Gasteiger partial charge in [0, 0.05) is 32.7 Å². The lowest BCUT2D eigenvalue weighted by atomic mass is 10.1. The van der Waals surface area contributed by atoms with E-state index in [1.165, 1.54) is 0 Å². The highest BCUT2D eigenvalue weighted by Gasteiger charge is 2.23. The van der Waals surface area contributed by atoms with Gasteiger partial charge in [-0.05, 0) is 56.4 Å². The van der Waals surface area contributed by atoms with Crippen LogP contribution in [0.3, 0.4) is 0 Å². The molecule has 1 N–H and O–H groups in total. The lowest BCUT2D eigenvalue weighted by Crippen LogP contribution is -2.26. The van der Waals surface area contributed by atoms with Crippen LogP contribution in [-0.2, 0) is 28.9 Å². The number of aromatic nitrogens is 2. The minimum Gasteiger partial charge on any atom is -0.496 e. The van der Waals surface area contributed by atoms with Crippen LogP contribution in [0.5, 0.6) is 5.75 Å². The largest absolute Gasteiger partial charge is 0.496 e. The predicted octanol–water partition coefficient (Wildman–Crippen LogP) is 3.09. The molecule has 3 rings (SSSR count). The molecule has 1 amide bonds. The van der Waals surface area contributed by atoms with Crippen molar-refractivity contribution in [3.8, 4) is 5.75 Å². The molecule has 0 fully saturated rings. The Hall–Kier alpha value is -2.87. The number of nitrogens with zero attached hydrogens (tertiary/aromatic N) is 2. The summed E-state index contributed by atoms with van der Waals surface area (Å²) in [7, 11) is 1.60. The fourth-order valence-corrected chi connectivity index (χ4v) is 3.88. The molecule has 2 aromatic rings. The van der Waals surface area contributed by atoms with Crippen molar-refractivity contribution >= 4 is 11.9 Å². The Labute approximate surface area is 189 Å². The highest BCUT2D eigenvalue weighted by Crippen LogP contribution is 2.20. The van der Waals surface area contributed by atoms with E-state index in [1.807, 2.05) is 18.5 Å². The number of carbonyl (C=O) groups excluding carboxylic acids is 2. The fraction of sp³-hybridized carbons (Fsp3) is 0.542. The number of hydrogen-bond acceptors (Lipinski definition) is 6. The number of esters is 1. The summed E-state index contributed by atoms with van der Waals surface area (Å²) >= 11 is 0. The number of fused-ring (bicyclic) bond motifs is 1. The van der Waals surface area contributed by atoms with E-state index in [9.17, 15) is 9.59 Å². The summed E-state index contributed by atoms with van der Waals surface area (Å²) in [6.45, 7) is 6.66. The molecule has 0 radical (unpaired) electrons. The molecule has 0 saturated carbocycles. The molecular formula is C24H33N3O5. The van der Waals surface area contributed by atoms with Crippen molar-refractivity contribution in [2.24, 2.45) is 0 Å². The van der Waals surface area contributed by atoms with Gasteiger partial charge in [-0.25, -0.2) is 4.79 Å². The van der Waals surface area contributed by atoms with E-state index in [1.54, 1.807) is 25.3 Å². The summed E-state index contributed by atoms with van der Waals surface area (Å²) in [5.41, 5.74) is 3.82. The minimum atomic E-state index is -0.360. The molecule has 8 heteroatoms. The van der Waals surface area contributed by atoms with E-state index < -0.39 is 0 Å². The van der Waals surface area contributed by atoms with E-state index in [0.717, 1.165) is 42.0 Å². The second-order valence-electron chi connectivity index (χ2n) is 7.84. The lowest BCUT2D eigenvalue weighted by Gasteiger charge is -2.10. The van der Waals surface area contributed by atoms with Gasteiger partial charge in [-0.3, -0.25) is 9.48 Å². The van der Waals surface area contributed by atoms with E-state index in [-0.39, 0.29) is 18.5 Å². The maximum absolute atomic E-state index is 12.8. The summed E-state index contributed by atoms with van der Waals surface area (Å²) in [6, 6.07) is 5.23. The molecule has 1 aromatic carbocycles. The van der Waals surface area contributed by atoms with Crippen molar-refractivity contribution in [2.45, 2.75) is 52.5 Å². The number of benzene rings is 1. The lowest BCUT2D eigenvalue weighted by molar-refractivity contribution is 0.0494. The summed E-state index contributed by atoms with van der Waals surface area (Å²) in [4.78, 5) is 25.2. The molecule has 8 nitrogen and oxygen atoms in total. The smallest absolute Gasteiger partial charge is 0.338 e. The van der Waals surface area contributed by atoms with Crippen LogP contribution in [0.15, 0.2) is 18.2 Å². The Kier molecular flexibility index (Phi) is 8.67. The number of rotatable bonds is 7. The van der Waals surface area contributed by atoms with Gasteiger partial charge in [-0.1, -0.05) is 6.92 Å². The number of amides is 1. The fourth-order valence-electron chi connectivity index (χ4n) is 3.88. The number of aryl methyl sites for hydroxylation is 3. The van der Waals surface area contributed by atoms with Crippen LogP contribution in [0.1, 0.15) is 63.9 Å². The molecule has 0 unspecified atom stereocenters. The van der Waals surface area contributed by atoms with Crippen molar-refractivity contribution in [3.63, 3.8) is 0 Å². The third-order valence-corrected chi connectivity index (χ3v) is 5.52. The number of hydrogen-bond donors (Lipinski definition) is 1. The third-order valence-electron chi connectivity index (χ3n) is 5.52. The van der Waals surface area contributed by atoms with E-state index >= 15 is 0 Å². The second kappa shape index (κ2) is 11.7. The molecule has 32 heavy (non-hydrogen) atoms. The van der Waals surface area contributed by atoms with Gasteiger partial charge in [0.1, 0.15) is 5.75 Å². The molecule has 0 spiro atoms. The van der Waals surface area contributed by atoms with E-state index in [2.05, 4.69) is 5.32 Å². The molecule has 0 aliphatic carbocycles. The molecule has 0 atom stereocenters. The Bertz CT molecular complexity index is 938. The molecule has 1 aliphatic rings. The highest BCUT2D eigenvalue weighted by molar-refractivity contribution is 5.96. The Morgan fingerprint density at radius 3 is 2.84 bits per heavy atom. The first-order valence-electron chi connectivity index (χ1n) is 11.3. The molecule has 0 saturated heterocycles. The summed E-state index contributed by atoms with van der Waals surface area (Å²) in [5, 5.41) is 7.68. The molecule has 1 aliphatic heterocycles. The van der Waals surface area contributed by atoms with Crippen LogP contribution in [0, 0.1) is 6.92 Å². The topological polar surface area (TPSA) is 91.7 Å². The van der Waals surface area contributed by atoms with Crippen LogP contribution in [0.4, 0.5) is 0 Å². The van der Waals surface area contributed by atoms with Crippen LogP contribution in [-0.4, -0.2) is 55.1 Å². The third kappa shape index (κ3) is 5.88. The zero-order valence-corrected chi connectivity index (χ0v) is 19.2. The van der Waals surface area contributed by atoms with Gasteiger partial charge in [0.05, 0.1) is 36.2 Å². The average Bonchev–Trinajstić information content (AvgIpc) is 3.13. The van der Waals surface area contributed by atoms with Crippen LogP contribution in [0.2, 0.25) is 0 Å². The van der Waals surface area contributed by atoms with Crippen molar-refractivity contribution in [1.29, 1.82) is 0 Å². The first-order chi connectivity index (χ1) is 15.5. The maximum Gasteiger partial charge on any atom is 0.338 e. The zero-order valence-electron chi connectivity index (χ0n) is 19.2. The van der Waals surface area contributed by atoms with Crippen LogP contribution >= 0.6 is 0 Å². The van der Waals surface area contributed by atoms with E-state index in [4.69, 9.17) is 19.3 Å². The first-order valence-corrected chi connectivity index (χ1v) is 11.3. The van der Waals surface area contributed by atoms with E-state index in [0.29, 0.717) is 50.3 Å². The average molecular weight is 444 g/mol. The number of methoxy groups -OCH3 is 1. The zero-order chi connectivity index (χ0) is 22.9. The van der Waals surface area contributed by atoms with Crippen LogP contribution in [0.25, 0.3) is 0 Å². The minimum absolute atomic E-state index is 0.0636. The SMILES string of the molecule is CCc1nn(CCCOC(=O)c2ccc(OC)c(C)c2)c2c1C(=O)NCCCOCCC2. The summed E-state index contributed by atoms with van der Waals surface area (Å²) in [5.74, 6) is 0.313. The predicted molar refractivity (Wildman–Crippen MR) is 120 cm³/mol. The molecule has 2 heterocycles. The van der Waals surface area contributed by atoms with Gasteiger partial charge < -0.3 is 19.5 Å². The number of nitrogens with one attached hydrogen (secondary N) is 1. The molecule has 1 aromatic heterocycles. The van der Waals surface area contributed by atoms with Crippen molar-refractivity contribution in [2.75, 3.05) is 33.5 Å². The standard InChI is InChI=1S/C24H33N3O5/c1-4-19-22-20(8-5-13-31-14-6-11-25-23(22)28)27(26-19)12-7-15-32-24(29)18-9-10-21(30-3)17(2)16-18/h9-10,16H,4-8,11-15H2,1-3H3,(H,25,28). The van der Waals surface area contributed by atoms with Crippen LogP contribution < -0.4 is 10.1 Å². The number of carbonyl (C=O) groups is 2. The van der Waals surface area contributed by atoms with Gasteiger partial charge in [-0.15, -0.1) is 0 Å². The van der Waals surface area contributed by atoms with Gasteiger partial charge in [0.2, 0.25) is 0 Å². The molecule has 174 valence electrons. The Balaban J connectivity index is 1.64. The Morgan fingerprint density at radius 2 is 2.09 bits per heavy atom. The van der Waals surface area contributed by atoms with Gasteiger partial charge in [-0.2, -0.15) is 5.10 Å². The monoisotopic (exact) mass is 443 g/mol. The van der Waals surface area contributed by atoms with Crippen molar-refractivity contribution in [3.05, 3.63) is 46.3 Å². The normalized spacial score (nSPS) is 14.8. The molecule has 0 bridgehead atoms.